The number of carbonyl (C=O) groups is 2. The van der Waals surface area contributed by atoms with Crippen LogP contribution in [-0.4, -0.2) is 35.7 Å². The normalized spacial score (nSPS) is 19.4. The van der Waals surface area contributed by atoms with E-state index in [1.165, 1.54) is 24.3 Å². The Bertz CT molecular complexity index is 716. The highest BCUT2D eigenvalue weighted by Crippen LogP contribution is 2.23. The molecule has 1 aromatic carbocycles. The zero-order chi connectivity index (χ0) is 13.5. The fourth-order valence-electron chi connectivity index (χ4n) is 1.78. The van der Waals surface area contributed by atoms with Crippen molar-refractivity contribution in [2.45, 2.75) is 5.25 Å². The highest BCUT2D eigenvalue weighted by atomic mass is 32.2. The summed E-state index contributed by atoms with van der Waals surface area (Å²) >= 11 is 0. The van der Waals surface area contributed by atoms with Gasteiger partial charge in [0, 0.05) is 11.1 Å². The molecule has 0 fully saturated rings. The molecule has 1 unspecified atom stereocenters. The van der Waals surface area contributed by atoms with E-state index in [9.17, 15) is 22.6 Å². The number of hydrogen-bond donors (Lipinski definition) is 0. The van der Waals surface area contributed by atoms with Gasteiger partial charge in [0.25, 0.3) is 11.0 Å². The lowest BCUT2D eigenvalue weighted by Crippen LogP contribution is -2.46. The van der Waals surface area contributed by atoms with Crippen molar-refractivity contribution in [3.63, 3.8) is 0 Å². The van der Waals surface area contributed by atoms with Gasteiger partial charge in [-0.05, 0) is 0 Å². The largest absolute Gasteiger partial charge is 0.367 e. The molecule has 0 saturated heterocycles. The van der Waals surface area contributed by atoms with E-state index in [0.717, 1.165) is 0 Å². The van der Waals surface area contributed by atoms with Gasteiger partial charge < -0.3 is 5.53 Å². The van der Waals surface area contributed by atoms with Crippen LogP contribution in [0.4, 0.5) is 0 Å². The molecule has 1 atom stereocenters. The van der Waals surface area contributed by atoms with E-state index in [2.05, 4.69) is 4.79 Å². The molecule has 1 radical (unpaired) electrons. The molecule has 1 aromatic rings. The number of hydrogen-bond acceptors (Lipinski definition) is 4. The zero-order valence-corrected chi connectivity index (χ0v) is 9.55. The fraction of sp³-hybridized carbons (Fsp3) is 0.100. The molecule has 1 aliphatic rings. The van der Waals surface area contributed by atoms with E-state index in [0.29, 0.717) is 0 Å². The molecule has 18 heavy (non-hydrogen) atoms. The lowest BCUT2D eigenvalue weighted by atomic mass is 9.88. The van der Waals surface area contributed by atoms with E-state index in [1.54, 1.807) is 0 Å². The van der Waals surface area contributed by atoms with Crippen LogP contribution < -0.4 is 0 Å². The van der Waals surface area contributed by atoms with Gasteiger partial charge in [-0.3, -0.25) is 9.59 Å². The molecule has 0 amide bonds. The van der Waals surface area contributed by atoms with E-state index >= 15 is 0 Å². The summed E-state index contributed by atoms with van der Waals surface area (Å²) < 4.78 is 33.0. The van der Waals surface area contributed by atoms with Crippen LogP contribution in [0.5, 0.6) is 0 Å². The van der Waals surface area contributed by atoms with Gasteiger partial charge in [-0.1, -0.05) is 28.8 Å². The van der Waals surface area contributed by atoms with E-state index in [-0.39, 0.29) is 11.1 Å². The van der Waals surface area contributed by atoms with Crippen LogP contribution in [0.15, 0.2) is 24.3 Å². The van der Waals surface area contributed by atoms with Crippen LogP contribution in [0, 0.1) is 0 Å². The molecule has 0 aliphatic heterocycles. The van der Waals surface area contributed by atoms with Crippen LogP contribution in [0.25, 0.3) is 5.53 Å². The van der Waals surface area contributed by atoms with Crippen molar-refractivity contribution in [2.75, 3.05) is 0 Å². The predicted octanol–water partition coefficient (Wildman–Crippen LogP) is -0.135. The third-order valence-electron chi connectivity index (χ3n) is 2.55. The molecule has 0 N–H and O–H groups in total. The molecule has 91 valence electrons. The average Bonchev–Trinajstić information content (AvgIpc) is 2.32. The molecule has 0 aromatic heterocycles. The predicted molar refractivity (Wildman–Crippen MR) is 57.1 cm³/mol. The molecule has 8 heteroatoms. The number of fused-ring (bicyclic) bond motifs is 1. The van der Waals surface area contributed by atoms with Gasteiger partial charge in [-0.25, -0.2) is 0 Å². The van der Waals surface area contributed by atoms with Gasteiger partial charge in [0.05, 0.1) is 0 Å². The molecule has 1 aliphatic carbocycles. The SMILES string of the molecule is [N-]=[N+]=C1C(=O)c2ccccc2C(=O)C1S([O])(=O)=O. The lowest BCUT2D eigenvalue weighted by molar-refractivity contribution is -0.00877. The Hall–Kier alpha value is -2.15. The van der Waals surface area contributed by atoms with Gasteiger partial charge in [-0.15, -0.1) is 0 Å². The van der Waals surface area contributed by atoms with Gasteiger partial charge in [0.15, 0.2) is 5.78 Å². The number of rotatable bonds is 1. The highest BCUT2D eigenvalue weighted by molar-refractivity contribution is 7.88. The monoisotopic (exact) mass is 265 g/mol. The minimum Gasteiger partial charge on any atom is -0.361 e. The van der Waals surface area contributed by atoms with Gasteiger partial charge in [0.1, 0.15) is 0 Å². The Labute approximate surface area is 101 Å². The van der Waals surface area contributed by atoms with Crippen molar-refractivity contribution in [3.05, 3.63) is 40.9 Å². The average molecular weight is 265 g/mol. The Morgan fingerprint density at radius 3 is 2.17 bits per heavy atom. The topological polar surface area (TPSA) is 125 Å². The van der Waals surface area contributed by atoms with E-state index < -0.39 is 32.6 Å². The quantitative estimate of drug-likeness (QED) is 0.517. The molecule has 7 nitrogen and oxygen atoms in total. The second-order valence-corrected chi connectivity index (χ2v) is 5.05. The van der Waals surface area contributed by atoms with Crippen molar-refractivity contribution in [1.29, 1.82) is 0 Å². The third kappa shape index (κ3) is 1.68. The smallest absolute Gasteiger partial charge is 0.361 e. The maximum Gasteiger partial charge on any atom is 0.367 e. The summed E-state index contributed by atoms with van der Waals surface area (Å²) in [5, 5.41) is -2.29. The maximum absolute atomic E-state index is 11.9. The van der Waals surface area contributed by atoms with Gasteiger partial charge >= 0.3 is 15.8 Å². The van der Waals surface area contributed by atoms with Crippen molar-refractivity contribution in [2.24, 2.45) is 0 Å². The number of ketones is 2. The molecule has 0 spiro atoms. The first-order valence-corrected chi connectivity index (χ1v) is 6.19. The van der Waals surface area contributed by atoms with E-state index in [4.69, 9.17) is 5.53 Å². The molecular weight excluding hydrogens is 260 g/mol. The second kappa shape index (κ2) is 3.95. The lowest BCUT2D eigenvalue weighted by Gasteiger charge is -2.15. The van der Waals surface area contributed by atoms with Crippen molar-refractivity contribution >= 4 is 27.4 Å². The molecule has 0 heterocycles. The Morgan fingerprint density at radius 1 is 1.11 bits per heavy atom. The Morgan fingerprint density at radius 2 is 1.67 bits per heavy atom. The molecule has 2 rings (SSSR count). The summed E-state index contributed by atoms with van der Waals surface area (Å²) in [5.41, 5.74) is 7.43. The van der Waals surface area contributed by atoms with Crippen LogP contribution in [0.1, 0.15) is 20.7 Å². The summed E-state index contributed by atoms with van der Waals surface area (Å²) in [6.07, 6.45) is 0. The second-order valence-electron chi connectivity index (χ2n) is 3.60. The minimum absolute atomic E-state index is 0.0878. The molecule has 0 saturated carbocycles. The first kappa shape index (κ1) is 12.3. The summed E-state index contributed by atoms with van der Waals surface area (Å²) in [7, 11) is -5.12. The summed E-state index contributed by atoms with van der Waals surface area (Å²) in [6, 6.07) is 5.42. The summed E-state index contributed by atoms with van der Waals surface area (Å²) in [6.45, 7) is 0. The van der Waals surface area contributed by atoms with E-state index in [1.807, 2.05) is 0 Å². The molecule has 0 bridgehead atoms. The molecular formula is C10H5N2O5S. The number of Topliss-reactive ketones (excluding diaryl/α,β-unsaturated/α-hetero) is 2. The van der Waals surface area contributed by atoms with Crippen molar-refractivity contribution < 1.29 is 27.3 Å². The minimum atomic E-state index is -5.12. The number of nitrogens with zero attached hydrogens (tertiary/aromatic N) is 2. The van der Waals surface area contributed by atoms with Crippen LogP contribution >= 0.6 is 0 Å². The third-order valence-corrected chi connectivity index (χ3v) is 3.57. The van der Waals surface area contributed by atoms with Crippen molar-refractivity contribution in [3.8, 4) is 0 Å². The van der Waals surface area contributed by atoms with Crippen LogP contribution in [-0.2, 0) is 14.7 Å². The fourth-order valence-corrected chi connectivity index (χ4v) is 2.60. The highest BCUT2D eigenvalue weighted by Gasteiger charge is 2.52. The first-order valence-electron chi connectivity index (χ1n) is 4.72. The van der Waals surface area contributed by atoms with Gasteiger partial charge in [0.2, 0.25) is 0 Å². The maximum atomic E-state index is 11.9. The Kier molecular flexibility index (Phi) is 2.70. The number of benzene rings is 1. The summed E-state index contributed by atoms with van der Waals surface area (Å²) in [5.74, 6) is -2.01. The Balaban J connectivity index is 2.80. The van der Waals surface area contributed by atoms with Crippen molar-refractivity contribution in [1.82, 2.24) is 0 Å². The van der Waals surface area contributed by atoms with Crippen LogP contribution in [0.3, 0.4) is 0 Å². The van der Waals surface area contributed by atoms with Crippen LogP contribution in [0.2, 0.25) is 0 Å². The zero-order valence-electron chi connectivity index (χ0n) is 8.73. The summed E-state index contributed by atoms with van der Waals surface area (Å²) in [4.78, 5) is 26.2. The standard InChI is InChI=1S/C10H5N2O5S/c11-12-7-8(13)5-3-1-2-4-6(5)9(14)10(7)18(15,16)17/h1-4,10H. The first-order chi connectivity index (χ1) is 8.38. The number of carbonyl (C=O) groups excluding carboxylic acids is 2. The van der Waals surface area contributed by atoms with Gasteiger partial charge in [-0.2, -0.15) is 13.2 Å².